The van der Waals surface area contributed by atoms with E-state index in [0.29, 0.717) is 0 Å². The molecule has 110 valence electrons. The van der Waals surface area contributed by atoms with Gasteiger partial charge in [0.15, 0.2) is 4.34 Å². The zero-order valence-corrected chi connectivity index (χ0v) is 13.7. The SMILES string of the molecule is CC(=NNC(=O)CSc1nnc(C)s1)c1ccc(C)cc1. The molecule has 1 N–H and O–H groups in total. The lowest BCUT2D eigenvalue weighted by molar-refractivity contribution is -0.118. The van der Waals surface area contributed by atoms with E-state index in [1.807, 2.05) is 45.0 Å². The van der Waals surface area contributed by atoms with E-state index in [0.717, 1.165) is 20.6 Å². The van der Waals surface area contributed by atoms with Gasteiger partial charge in [-0.2, -0.15) is 5.10 Å². The molecule has 0 aliphatic heterocycles. The van der Waals surface area contributed by atoms with Gasteiger partial charge in [-0.15, -0.1) is 10.2 Å². The van der Waals surface area contributed by atoms with Crippen molar-refractivity contribution in [3.8, 4) is 0 Å². The Kier molecular flexibility index (Phi) is 5.46. The molecule has 5 nitrogen and oxygen atoms in total. The molecule has 1 amide bonds. The van der Waals surface area contributed by atoms with Crippen molar-refractivity contribution in [3.63, 3.8) is 0 Å². The van der Waals surface area contributed by atoms with E-state index in [1.54, 1.807) is 0 Å². The van der Waals surface area contributed by atoms with Crippen molar-refractivity contribution in [2.24, 2.45) is 5.10 Å². The molecule has 7 heteroatoms. The Bertz CT molecular complexity index is 649. The minimum absolute atomic E-state index is 0.153. The molecule has 0 saturated heterocycles. The van der Waals surface area contributed by atoms with Gasteiger partial charge >= 0.3 is 0 Å². The van der Waals surface area contributed by atoms with Crippen LogP contribution in [0, 0.1) is 13.8 Å². The van der Waals surface area contributed by atoms with E-state index in [2.05, 4.69) is 20.7 Å². The van der Waals surface area contributed by atoms with E-state index >= 15 is 0 Å². The smallest absolute Gasteiger partial charge is 0.250 e. The van der Waals surface area contributed by atoms with E-state index in [-0.39, 0.29) is 11.7 Å². The molecule has 0 atom stereocenters. The monoisotopic (exact) mass is 320 g/mol. The summed E-state index contributed by atoms with van der Waals surface area (Å²) >= 11 is 2.84. The third-order valence-corrected chi connectivity index (χ3v) is 4.62. The van der Waals surface area contributed by atoms with Crippen LogP contribution in [0.3, 0.4) is 0 Å². The molecular weight excluding hydrogens is 304 g/mol. The molecule has 1 aromatic heterocycles. The number of carbonyl (C=O) groups excluding carboxylic acids is 1. The van der Waals surface area contributed by atoms with Gasteiger partial charge in [-0.3, -0.25) is 4.79 Å². The summed E-state index contributed by atoms with van der Waals surface area (Å²) in [6, 6.07) is 8.01. The zero-order chi connectivity index (χ0) is 15.2. The molecule has 0 radical (unpaired) electrons. The third-order valence-electron chi connectivity index (χ3n) is 2.65. The summed E-state index contributed by atoms with van der Waals surface area (Å²) in [7, 11) is 0. The molecule has 21 heavy (non-hydrogen) atoms. The maximum absolute atomic E-state index is 11.7. The van der Waals surface area contributed by atoms with Crippen LogP contribution < -0.4 is 5.43 Å². The standard InChI is InChI=1S/C14H16N4OS2/c1-9-4-6-12(7-5-9)10(2)15-17-13(19)8-20-14-18-16-11(3)21-14/h4-7H,8H2,1-3H3,(H,17,19). The highest BCUT2D eigenvalue weighted by molar-refractivity contribution is 8.01. The van der Waals surface area contributed by atoms with Crippen LogP contribution in [-0.4, -0.2) is 27.6 Å². The first-order valence-corrected chi connectivity index (χ1v) is 8.18. The van der Waals surface area contributed by atoms with Crippen molar-refractivity contribution in [1.29, 1.82) is 0 Å². The highest BCUT2D eigenvalue weighted by atomic mass is 32.2. The van der Waals surface area contributed by atoms with Gasteiger partial charge in [-0.25, -0.2) is 5.43 Å². The summed E-state index contributed by atoms with van der Waals surface area (Å²) in [6.07, 6.45) is 0. The predicted octanol–water partition coefficient (Wildman–Crippen LogP) is 2.79. The number of rotatable bonds is 5. The summed E-state index contributed by atoms with van der Waals surface area (Å²) in [5, 5.41) is 12.9. The molecule has 1 aromatic carbocycles. The van der Waals surface area contributed by atoms with Crippen LogP contribution in [-0.2, 0) is 4.79 Å². The van der Waals surface area contributed by atoms with Crippen molar-refractivity contribution >= 4 is 34.7 Å². The maximum Gasteiger partial charge on any atom is 0.250 e. The fraction of sp³-hybridized carbons (Fsp3) is 0.286. The Balaban J connectivity index is 1.84. The zero-order valence-electron chi connectivity index (χ0n) is 12.1. The molecule has 0 spiro atoms. The summed E-state index contributed by atoms with van der Waals surface area (Å²) in [6.45, 7) is 5.79. The first kappa shape index (κ1) is 15.7. The minimum Gasteiger partial charge on any atom is -0.272 e. The van der Waals surface area contributed by atoms with Crippen molar-refractivity contribution in [3.05, 3.63) is 40.4 Å². The van der Waals surface area contributed by atoms with Crippen LogP contribution in [0.25, 0.3) is 0 Å². The number of nitrogens with zero attached hydrogens (tertiary/aromatic N) is 3. The number of hydrazone groups is 1. The van der Waals surface area contributed by atoms with E-state index in [4.69, 9.17) is 0 Å². The number of carbonyl (C=O) groups is 1. The molecule has 2 aromatic rings. The van der Waals surface area contributed by atoms with Crippen molar-refractivity contribution in [2.45, 2.75) is 25.1 Å². The van der Waals surface area contributed by atoms with Gasteiger partial charge in [-0.1, -0.05) is 52.9 Å². The second-order valence-electron chi connectivity index (χ2n) is 4.47. The average molecular weight is 320 g/mol. The Morgan fingerprint density at radius 2 is 2.00 bits per heavy atom. The first-order valence-electron chi connectivity index (χ1n) is 6.37. The lowest BCUT2D eigenvalue weighted by Gasteiger charge is -2.02. The number of hydrogen-bond acceptors (Lipinski definition) is 6. The Morgan fingerprint density at radius 1 is 1.29 bits per heavy atom. The predicted molar refractivity (Wildman–Crippen MR) is 86.9 cm³/mol. The van der Waals surface area contributed by atoms with Crippen LogP contribution in [0.2, 0.25) is 0 Å². The third kappa shape index (κ3) is 4.95. The van der Waals surface area contributed by atoms with Gasteiger partial charge in [0.1, 0.15) is 5.01 Å². The van der Waals surface area contributed by atoms with Gasteiger partial charge in [0.2, 0.25) is 0 Å². The normalized spacial score (nSPS) is 11.5. The minimum atomic E-state index is -0.153. The number of aryl methyl sites for hydroxylation is 2. The van der Waals surface area contributed by atoms with Gasteiger partial charge in [0.25, 0.3) is 5.91 Å². The second-order valence-corrected chi connectivity index (χ2v) is 6.88. The van der Waals surface area contributed by atoms with Crippen LogP contribution in [0.5, 0.6) is 0 Å². The Hall–Kier alpha value is -1.73. The number of hydrogen-bond donors (Lipinski definition) is 1. The quantitative estimate of drug-likeness (QED) is 0.522. The van der Waals surface area contributed by atoms with Gasteiger partial charge in [0.05, 0.1) is 11.5 Å². The van der Waals surface area contributed by atoms with Crippen molar-refractivity contribution < 1.29 is 4.79 Å². The summed E-state index contributed by atoms with van der Waals surface area (Å²) < 4.78 is 0.793. The van der Waals surface area contributed by atoms with Crippen molar-refractivity contribution in [2.75, 3.05) is 5.75 Å². The Labute approximate surface area is 131 Å². The molecule has 1 heterocycles. The molecule has 0 saturated carbocycles. The molecule has 0 unspecified atom stereocenters. The summed E-state index contributed by atoms with van der Waals surface area (Å²) in [5.41, 5.74) is 5.52. The summed E-state index contributed by atoms with van der Waals surface area (Å²) in [5.74, 6) is 0.124. The average Bonchev–Trinajstić information content (AvgIpc) is 2.89. The first-order chi connectivity index (χ1) is 10.0. The van der Waals surface area contributed by atoms with E-state index in [1.165, 1.54) is 28.7 Å². The molecule has 2 rings (SSSR count). The molecule has 0 fully saturated rings. The molecule has 0 aliphatic carbocycles. The number of nitrogens with one attached hydrogen (secondary N) is 1. The number of benzene rings is 1. The highest BCUT2D eigenvalue weighted by Crippen LogP contribution is 2.21. The number of thioether (sulfide) groups is 1. The van der Waals surface area contributed by atoms with Crippen LogP contribution in [0.15, 0.2) is 33.7 Å². The molecule has 0 aliphatic rings. The molecule has 0 bridgehead atoms. The largest absolute Gasteiger partial charge is 0.272 e. The highest BCUT2D eigenvalue weighted by Gasteiger charge is 2.06. The number of amides is 1. The molecular formula is C14H16N4OS2. The van der Waals surface area contributed by atoms with Crippen molar-refractivity contribution in [1.82, 2.24) is 15.6 Å². The van der Waals surface area contributed by atoms with Gasteiger partial charge in [0, 0.05) is 0 Å². The number of aromatic nitrogens is 2. The lowest BCUT2D eigenvalue weighted by atomic mass is 10.1. The topological polar surface area (TPSA) is 67.2 Å². The maximum atomic E-state index is 11.7. The van der Waals surface area contributed by atoms with Gasteiger partial charge < -0.3 is 0 Å². The van der Waals surface area contributed by atoms with Crippen LogP contribution in [0.4, 0.5) is 0 Å². The summed E-state index contributed by atoms with van der Waals surface area (Å²) in [4.78, 5) is 11.7. The van der Waals surface area contributed by atoms with E-state index in [9.17, 15) is 4.79 Å². The fourth-order valence-corrected chi connectivity index (χ4v) is 3.11. The fourth-order valence-electron chi connectivity index (χ4n) is 1.50. The van der Waals surface area contributed by atoms with Gasteiger partial charge in [-0.05, 0) is 26.3 Å². The lowest BCUT2D eigenvalue weighted by Crippen LogP contribution is -2.21. The van der Waals surface area contributed by atoms with E-state index < -0.39 is 0 Å². The Morgan fingerprint density at radius 3 is 2.62 bits per heavy atom. The van der Waals surface area contributed by atoms with Crippen LogP contribution in [0.1, 0.15) is 23.1 Å². The van der Waals surface area contributed by atoms with Crippen LogP contribution >= 0.6 is 23.1 Å². The second kappa shape index (κ2) is 7.33.